The lowest BCUT2D eigenvalue weighted by Gasteiger charge is -2.14. The molecule has 1 N–H and O–H groups in total. The molecule has 0 atom stereocenters. The second kappa shape index (κ2) is 9.13. The van der Waals surface area contributed by atoms with Crippen molar-refractivity contribution >= 4 is 17.0 Å². The van der Waals surface area contributed by atoms with Gasteiger partial charge in [0.2, 0.25) is 0 Å². The van der Waals surface area contributed by atoms with Crippen LogP contribution in [0.4, 0.5) is 0 Å². The predicted molar refractivity (Wildman–Crippen MR) is 114 cm³/mol. The molecule has 0 amide bonds. The molecule has 0 unspecified atom stereocenters. The van der Waals surface area contributed by atoms with Crippen molar-refractivity contribution in [3.8, 4) is 17.2 Å². The summed E-state index contributed by atoms with van der Waals surface area (Å²) >= 11 is 0. The fourth-order valence-electron chi connectivity index (χ4n) is 3.00. The maximum atomic E-state index is 5.98. The second-order valence-electron chi connectivity index (χ2n) is 6.65. The third kappa shape index (κ3) is 4.55. The fourth-order valence-corrected chi connectivity index (χ4v) is 3.00. The average Bonchev–Trinajstić information content (AvgIpc) is 2.71. The molecule has 0 aromatic heterocycles. The first-order chi connectivity index (χ1) is 13.6. The molecule has 0 saturated carbocycles. The van der Waals surface area contributed by atoms with Gasteiger partial charge in [-0.25, -0.2) is 0 Å². The third-order valence-corrected chi connectivity index (χ3v) is 4.31. The van der Waals surface area contributed by atoms with Gasteiger partial charge in [0.1, 0.15) is 5.75 Å². The number of methoxy groups -OCH3 is 2. The first-order valence-corrected chi connectivity index (χ1v) is 9.27. The van der Waals surface area contributed by atoms with Crippen LogP contribution in [0.3, 0.4) is 0 Å². The average molecular weight is 378 g/mol. The van der Waals surface area contributed by atoms with Crippen LogP contribution in [0, 0.1) is 0 Å². The van der Waals surface area contributed by atoms with Crippen LogP contribution in [-0.4, -0.2) is 26.5 Å². The van der Waals surface area contributed by atoms with E-state index in [1.165, 1.54) is 0 Å². The number of hydrogen-bond acceptors (Lipinski definition) is 5. The zero-order valence-electron chi connectivity index (χ0n) is 16.7. The lowest BCUT2D eigenvalue weighted by molar-refractivity contribution is 0.242. The highest BCUT2D eigenvalue weighted by Gasteiger charge is 2.09. The van der Waals surface area contributed by atoms with Crippen molar-refractivity contribution in [1.29, 1.82) is 0 Å². The molecule has 3 aromatic carbocycles. The molecule has 0 bridgehead atoms. The largest absolute Gasteiger partial charge is 0.493 e. The minimum atomic E-state index is 0.0908. The van der Waals surface area contributed by atoms with E-state index in [9.17, 15) is 0 Å². The molecule has 0 heterocycles. The molecular weight excluding hydrogens is 352 g/mol. The Kier molecular flexibility index (Phi) is 6.37. The molecule has 0 aliphatic carbocycles. The third-order valence-electron chi connectivity index (χ3n) is 4.31. The Balaban J connectivity index is 1.79. The van der Waals surface area contributed by atoms with E-state index in [1.54, 1.807) is 14.2 Å². The molecule has 5 nitrogen and oxygen atoms in total. The number of benzene rings is 3. The van der Waals surface area contributed by atoms with Gasteiger partial charge >= 0.3 is 0 Å². The SMILES string of the molecule is COc1ccc(CN/N=C\c2c(OC(C)C)ccc3ccccc23)cc1OC. The molecule has 28 heavy (non-hydrogen) atoms. The summed E-state index contributed by atoms with van der Waals surface area (Å²) in [6.07, 6.45) is 1.91. The minimum Gasteiger partial charge on any atom is -0.493 e. The van der Waals surface area contributed by atoms with Crippen LogP contribution >= 0.6 is 0 Å². The van der Waals surface area contributed by atoms with Crippen LogP contribution in [-0.2, 0) is 6.54 Å². The number of hydrogen-bond donors (Lipinski definition) is 1. The molecule has 3 rings (SSSR count). The Hall–Kier alpha value is -3.21. The van der Waals surface area contributed by atoms with Crippen LogP contribution in [0.25, 0.3) is 10.8 Å². The highest BCUT2D eigenvalue weighted by molar-refractivity contribution is 6.02. The van der Waals surface area contributed by atoms with Gasteiger partial charge in [0.25, 0.3) is 0 Å². The van der Waals surface area contributed by atoms with Gasteiger partial charge in [-0.2, -0.15) is 5.10 Å². The van der Waals surface area contributed by atoms with E-state index < -0.39 is 0 Å². The number of hydrazone groups is 1. The normalized spacial score (nSPS) is 11.2. The van der Waals surface area contributed by atoms with Crippen LogP contribution in [0.5, 0.6) is 17.2 Å². The summed E-state index contributed by atoms with van der Waals surface area (Å²) in [5.74, 6) is 2.24. The summed E-state index contributed by atoms with van der Waals surface area (Å²) in [6, 6.07) is 18.1. The fraction of sp³-hybridized carbons (Fsp3) is 0.261. The summed E-state index contributed by atoms with van der Waals surface area (Å²) in [7, 11) is 3.26. The number of nitrogens with zero attached hydrogens (tertiary/aromatic N) is 1. The number of fused-ring (bicyclic) bond motifs is 1. The van der Waals surface area contributed by atoms with E-state index in [0.29, 0.717) is 18.0 Å². The summed E-state index contributed by atoms with van der Waals surface area (Å²) in [5, 5.41) is 6.69. The lowest BCUT2D eigenvalue weighted by Crippen LogP contribution is -2.09. The zero-order valence-corrected chi connectivity index (χ0v) is 16.7. The maximum Gasteiger partial charge on any atom is 0.161 e. The molecule has 0 radical (unpaired) electrons. The van der Waals surface area contributed by atoms with Gasteiger partial charge < -0.3 is 19.6 Å². The van der Waals surface area contributed by atoms with E-state index in [4.69, 9.17) is 14.2 Å². The molecule has 0 aliphatic rings. The van der Waals surface area contributed by atoms with Crippen LogP contribution in [0.2, 0.25) is 0 Å². The van der Waals surface area contributed by atoms with Crippen LogP contribution in [0.1, 0.15) is 25.0 Å². The number of ether oxygens (including phenoxy) is 3. The van der Waals surface area contributed by atoms with Crippen molar-refractivity contribution in [2.24, 2.45) is 5.10 Å². The van der Waals surface area contributed by atoms with Crippen molar-refractivity contribution < 1.29 is 14.2 Å². The monoisotopic (exact) mass is 378 g/mol. The van der Waals surface area contributed by atoms with Gasteiger partial charge in [-0.15, -0.1) is 0 Å². The van der Waals surface area contributed by atoms with Crippen LogP contribution < -0.4 is 19.6 Å². The summed E-state index contributed by atoms with van der Waals surface area (Å²) in [6.45, 7) is 4.61. The van der Waals surface area contributed by atoms with Crippen molar-refractivity contribution in [1.82, 2.24) is 5.43 Å². The first-order valence-electron chi connectivity index (χ1n) is 9.27. The van der Waals surface area contributed by atoms with E-state index in [1.807, 2.05) is 56.5 Å². The summed E-state index contributed by atoms with van der Waals surface area (Å²) in [4.78, 5) is 0. The molecule has 3 aromatic rings. The Morgan fingerprint density at radius 2 is 1.68 bits per heavy atom. The summed E-state index contributed by atoms with van der Waals surface area (Å²) in [5.41, 5.74) is 5.11. The highest BCUT2D eigenvalue weighted by Crippen LogP contribution is 2.28. The van der Waals surface area contributed by atoms with Crippen molar-refractivity contribution in [3.05, 3.63) is 65.7 Å². The van der Waals surface area contributed by atoms with Crippen LogP contribution in [0.15, 0.2) is 59.7 Å². The standard InChI is InChI=1S/C23H26N2O3/c1-16(2)28-21-12-10-18-7-5-6-8-19(18)20(21)15-25-24-14-17-9-11-22(26-3)23(13-17)27-4/h5-13,15-16,24H,14H2,1-4H3/b25-15-. The molecular formula is C23H26N2O3. The quantitative estimate of drug-likeness (QED) is 0.453. The topological polar surface area (TPSA) is 52.1 Å². The summed E-state index contributed by atoms with van der Waals surface area (Å²) < 4.78 is 16.6. The highest BCUT2D eigenvalue weighted by atomic mass is 16.5. The van der Waals surface area contributed by atoms with Gasteiger partial charge in [-0.3, -0.25) is 0 Å². The van der Waals surface area contributed by atoms with Gasteiger partial charge in [-0.05, 0) is 48.4 Å². The predicted octanol–water partition coefficient (Wildman–Crippen LogP) is 4.77. The van der Waals surface area contributed by atoms with E-state index in [2.05, 4.69) is 28.7 Å². The van der Waals surface area contributed by atoms with E-state index in [-0.39, 0.29) is 6.10 Å². The van der Waals surface area contributed by atoms with Crippen molar-refractivity contribution in [2.75, 3.05) is 14.2 Å². The zero-order chi connectivity index (χ0) is 19.9. The van der Waals surface area contributed by atoms with Crippen molar-refractivity contribution in [2.45, 2.75) is 26.5 Å². The minimum absolute atomic E-state index is 0.0908. The molecule has 146 valence electrons. The maximum absolute atomic E-state index is 5.98. The Morgan fingerprint density at radius 3 is 2.43 bits per heavy atom. The molecule has 0 spiro atoms. The number of nitrogens with one attached hydrogen (secondary N) is 1. The molecule has 0 saturated heterocycles. The van der Waals surface area contributed by atoms with Gasteiger partial charge in [0.15, 0.2) is 11.5 Å². The van der Waals surface area contributed by atoms with Gasteiger partial charge in [-0.1, -0.05) is 36.4 Å². The molecule has 5 heteroatoms. The van der Waals surface area contributed by atoms with E-state index >= 15 is 0 Å². The molecule has 0 aliphatic heterocycles. The lowest BCUT2D eigenvalue weighted by atomic mass is 10.0. The van der Waals surface area contributed by atoms with Gasteiger partial charge in [0.05, 0.1) is 33.1 Å². The Bertz CT molecular complexity index is 967. The number of rotatable bonds is 8. The Morgan fingerprint density at radius 1 is 0.929 bits per heavy atom. The first kappa shape index (κ1) is 19.5. The Labute approximate surface area is 165 Å². The van der Waals surface area contributed by atoms with Crippen molar-refractivity contribution in [3.63, 3.8) is 0 Å². The smallest absolute Gasteiger partial charge is 0.161 e. The van der Waals surface area contributed by atoms with Gasteiger partial charge in [0, 0.05) is 5.56 Å². The van der Waals surface area contributed by atoms with E-state index in [0.717, 1.165) is 27.6 Å². The molecule has 0 fully saturated rings. The second-order valence-corrected chi connectivity index (χ2v) is 6.65.